The fraction of sp³-hybridized carbons (Fsp3) is 0.143. The molecule has 0 amide bonds. The fourth-order valence-corrected chi connectivity index (χ4v) is 4.61. The molecule has 1 aliphatic heterocycles. The third-order valence-electron chi connectivity index (χ3n) is 2.90. The number of aliphatic hydroxyl groups is 1. The summed E-state index contributed by atoms with van der Waals surface area (Å²) in [4.78, 5) is 0. The average molecular weight is 275 g/mol. The van der Waals surface area contributed by atoms with E-state index in [1.165, 1.54) is 14.5 Å². The summed E-state index contributed by atoms with van der Waals surface area (Å²) in [6, 6.07) is 14.5. The van der Waals surface area contributed by atoms with Crippen LogP contribution in [0.15, 0.2) is 42.5 Å². The van der Waals surface area contributed by atoms with Gasteiger partial charge in [0.15, 0.2) is 0 Å². The van der Waals surface area contributed by atoms with Crippen LogP contribution in [0.1, 0.15) is 22.8 Å². The van der Waals surface area contributed by atoms with Gasteiger partial charge in [-0.05, 0) is 0 Å². The Morgan fingerprint density at radius 1 is 1.00 bits per heavy atom. The van der Waals surface area contributed by atoms with Crippen LogP contribution in [0.3, 0.4) is 0 Å². The summed E-state index contributed by atoms with van der Waals surface area (Å²) in [7, 11) is 0. The Balaban J connectivity index is 2.18. The van der Waals surface area contributed by atoms with Crippen LogP contribution in [0.5, 0.6) is 0 Å². The van der Waals surface area contributed by atoms with Gasteiger partial charge in [-0.3, -0.25) is 0 Å². The summed E-state index contributed by atoms with van der Waals surface area (Å²) < 4.78 is 2.62. The van der Waals surface area contributed by atoms with Gasteiger partial charge in [0, 0.05) is 0 Å². The molecule has 2 heteroatoms. The van der Waals surface area contributed by atoms with Crippen molar-refractivity contribution in [2.45, 2.75) is 13.0 Å². The van der Waals surface area contributed by atoms with E-state index in [0.717, 1.165) is 11.1 Å². The van der Waals surface area contributed by atoms with Gasteiger partial charge in [0.25, 0.3) is 0 Å². The van der Waals surface area contributed by atoms with Crippen LogP contribution in [-0.4, -0.2) is 20.1 Å². The van der Waals surface area contributed by atoms with E-state index in [0.29, 0.717) is 15.0 Å². The molecule has 1 aliphatic rings. The predicted molar refractivity (Wildman–Crippen MR) is 66.7 cm³/mol. The SMILES string of the molecule is Cc1ccc2c(c1)[Se]c1ccccc1C2O. The molecule has 3 rings (SSSR count). The maximum absolute atomic E-state index is 10.3. The van der Waals surface area contributed by atoms with Crippen molar-refractivity contribution < 1.29 is 5.11 Å². The minimum atomic E-state index is -0.442. The molecular formula is C14H12OSe. The van der Waals surface area contributed by atoms with Crippen LogP contribution < -0.4 is 8.92 Å². The molecule has 2 aromatic rings. The number of fused-ring (bicyclic) bond motifs is 2. The third kappa shape index (κ3) is 1.51. The topological polar surface area (TPSA) is 20.2 Å². The van der Waals surface area contributed by atoms with Crippen LogP contribution in [0, 0.1) is 6.92 Å². The number of hydrogen-bond donors (Lipinski definition) is 1. The molecular weight excluding hydrogens is 263 g/mol. The number of hydrogen-bond acceptors (Lipinski definition) is 1. The first kappa shape index (κ1) is 10.1. The zero-order valence-corrected chi connectivity index (χ0v) is 10.7. The van der Waals surface area contributed by atoms with E-state index in [2.05, 4.69) is 31.2 Å². The van der Waals surface area contributed by atoms with Gasteiger partial charge in [-0.25, -0.2) is 0 Å². The molecule has 1 nitrogen and oxygen atoms in total. The van der Waals surface area contributed by atoms with E-state index in [4.69, 9.17) is 0 Å². The van der Waals surface area contributed by atoms with Gasteiger partial charge in [-0.2, -0.15) is 0 Å². The Labute approximate surface area is 101 Å². The second-order valence-corrected chi connectivity index (χ2v) is 6.36. The summed E-state index contributed by atoms with van der Waals surface area (Å²) in [5.41, 5.74) is 3.44. The Bertz CT molecular complexity index is 548. The van der Waals surface area contributed by atoms with Crippen molar-refractivity contribution in [2.75, 3.05) is 0 Å². The van der Waals surface area contributed by atoms with Crippen molar-refractivity contribution in [3.05, 3.63) is 59.2 Å². The summed E-state index contributed by atoms with van der Waals surface area (Å²) >= 11 is 0.331. The van der Waals surface area contributed by atoms with Crippen molar-refractivity contribution >= 4 is 23.9 Å². The van der Waals surface area contributed by atoms with Crippen LogP contribution >= 0.6 is 0 Å². The molecule has 1 heterocycles. The molecule has 0 saturated carbocycles. The Morgan fingerprint density at radius 2 is 1.75 bits per heavy atom. The number of aliphatic hydroxyl groups excluding tert-OH is 1. The van der Waals surface area contributed by atoms with Crippen molar-refractivity contribution in [3.8, 4) is 0 Å². The van der Waals surface area contributed by atoms with Crippen molar-refractivity contribution in [1.29, 1.82) is 0 Å². The molecule has 0 spiro atoms. The van der Waals surface area contributed by atoms with E-state index < -0.39 is 6.10 Å². The summed E-state index contributed by atoms with van der Waals surface area (Å²) in [5.74, 6) is 0. The van der Waals surface area contributed by atoms with E-state index in [1.807, 2.05) is 18.2 Å². The predicted octanol–water partition coefficient (Wildman–Crippen LogP) is 1.05. The van der Waals surface area contributed by atoms with Crippen LogP contribution in [-0.2, 0) is 0 Å². The second kappa shape index (κ2) is 3.74. The second-order valence-electron chi connectivity index (χ2n) is 4.08. The molecule has 80 valence electrons. The van der Waals surface area contributed by atoms with Crippen molar-refractivity contribution in [3.63, 3.8) is 0 Å². The molecule has 0 radical (unpaired) electrons. The van der Waals surface area contributed by atoms with E-state index >= 15 is 0 Å². The fourth-order valence-electron chi connectivity index (χ4n) is 2.04. The van der Waals surface area contributed by atoms with E-state index in [-0.39, 0.29) is 0 Å². The Kier molecular flexibility index (Phi) is 2.36. The first-order valence-electron chi connectivity index (χ1n) is 5.31. The quantitative estimate of drug-likeness (QED) is 0.712. The Hall–Kier alpha value is -1.08. The molecule has 1 unspecified atom stereocenters. The van der Waals surface area contributed by atoms with E-state index in [9.17, 15) is 5.11 Å². The first-order valence-corrected chi connectivity index (χ1v) is 7.02. The zero-order valence-electron chi connectivity index (χ0n) is 8.97. The third-order valence-corrected chi connectivity index (χ3v) is 5.34. The maximum atomic E-state index is 10.3. The monoisotopic (exact) mass is 276 g/mol. The van der Waals surface area contributed by atoms with Gasteiger partial charge in [-0.1, -0.05) is 0 Å². The summed E-state index contributed by atoms with van der Waals surface area (Å²) in [5, 5.41) is 10.3. The van der Waals surface area contributed by atoms with Gasteiger partial charge < -0.3 is 0 Å². The number of aryl methyl sites for hydroxylation is 1. The standard InChI is InChI=1S/C14H12OSe/c1-9-6-7-11-13(8-9)16-12-5-3-2-4-10(12)14(11)15/h2-8,14-15H,1H3. The zero-order chi connectivity index (χ0) is 11.1. The van der Waals surface area contributed by atoms with Crippen LogP contribution in [0.4, 0.5) is 0 Å². The van der Waals surface area contributed by atoms with Crippen LogP contribution in [0.25, 0.3) is 0 Å². The van der Waals surface area contributed by atoms with Gasteiger partial charge in [-0.15, -0.1) is 0 Å². The molecule has 0 fully saturated rings. The number of benzene rings is 2. The molecule has 16 heavy (non-hydrogen) atoms. The minimum absolute atomic E-state index is 0.331. The van der Waals surface area contributed by atoms with Gasteiger partial charge in [0.05, 0.1) is 0 Å². The summed E-state index contributed by atoms with van der Waals surface area (Å²) in [6.45, 7) is 2.10. The number of rotatable bonds is 0. The molecule has 0 saturated heterocycles. The average Bonchev–Trinajstić information content (AvgIpc) is 2.29. The molecule has 0 bridgehead atoms. The van der Waals surface area contributed by atoms with Gasteiger partial charge >= 0.3 is 101 Å². The molecule has 0 aliphatic carbocycles. The van der Waals surface area contributed by atoms with Crippen LogP contribution in [0.2, 0.25) is 0 Å². The van der Waals surface area contributed by atoms with E-state index in [1.54, 1.807) is 0 Å². The molecule has 0 aromatic heterocycles. The Morgan fingerprint density at radius 3 is 2.62 bits per heavy atom. The van der Waals surface area contributed by atoms with Gasteiger partial charge in [0.1, 0.15) is 0 Å². The summed E-state index contributed by atoms with van der Waals surface area (Å²) in [6.07, 6.45) is -0.442. The molecule has 1 N–H and O–H groups in total. The van der Waals surface area contributed by atoms with Crippen molar-refractivity contribution in [2.24, 2.45) is 0 Å². The molecule has 1 atom stereocenters. The van der Waals surface area contributed by atoms with Crippen molar-refractivity contribution in [1.82, 2.24) is 0 Å². The molecule has 2 aromatic carbocycles. The normalized spacial score (nSPS) is 17.8. The first-order chi connectivity index (χ1) is 7.75. The van der Waals surface area contributed by atoms with Gasteiger partial charge in [0.2, 0.25) is 0 Å².